The average Bonchev–Trinajstić information content (AvgIpc) is 3.15. The van der Waals surface area contributed by atoms with E-state index in [4.69, 9.17) is 4.42 Å². The smallest absolute Gasteiger partial charge is 0.117 e. The molecule has 1 aliphatic carbocycles. The minimum absolute atomic E-state index is 0.709. The maximum absolute atomic E-state index is 5.50. The molecule has 102 valence electrons. The Morgan fingerprint density at radius 3 is 2.89 bits per heavy atom. The van der Waals surface area contributed by atoms with Crippen molar-refractivity contribution < 1.29 is 4.42 Å². The fraction of sp³-hybridized carbons (Fsp3) is 0.533. The van der Waals surface area contributed by atoms with Crippen LogP contribution in [0.5, 0.6) is 0 Å². The van der Waals surface area contributed by atoms with Gasteiger partial charge < -0.3 is 4.42 Å². The lowest BCUT2D eigenvalue weighted by Gasteiger charge is -2.27. The van der Waals surface area contributed by atoms with E-state index in [9.17, 15) is 0 Å². The van der Waals surface area contributed by atoms with Gasteiger partial charge in [0.15, 0.2) is 0 Å². The van der Waals surface area contributed by atoms with Gasteiger partial charge in [-0.25, -0.2) is 0 Å². The zero-order chi connectivity index (χ0) is 12.9. The zero-order valence-corrected chi connectivity index (χ0v) is 11.2. The van der Waals surface area contributed by atoms with Crippen LogP contribution in [-0.2, 0) is 13.1 Å². The summed E-state index contributed by atoms with van der Waals surface area (Å²) in [5, 5.41) is 4.28. The van der Waals surface area contributed by atoms with Crippen LogP contribution in [0.4, 0.5) is 0 Å². The number of nitrogens with zero attached hydrogens (tertiary/aromatic N) is 3. The normalized spacial score (nSPS) is 16.5. The Kier molecular flexibility index (Phi) is 3.98. The lowest BCUT2D eigenvalue weighted by molar-refractivity contribution is 0.167. The summed E-state index contributed by atoms with van der Waals surface area (Å²) in [6, 6.07) is 6.72. The molecule has 0 amide bonds. The van der Waals surface area contributed by atoms with E-state index in [-0.39, 0.29) is 0 Å². The van der Waals surface area contributed by atoms with Crippen molar-refractivity contribution in [3.63, 3.8) is 0 Å². The third kappa shape index (κ3) is 3.26. The fourth-order valence-electron chi connectivity index (χ4n) is 2.93. The van der Waals surface area contributed by atoms with Crippen molar-refractivity contribution in [2.45, 2.75) is 44.8 Å². The van der Waals surface area contributed by atoms with Crippen molar-refractivity contribution in [2.24, 2.45) is 0 Å². The van der Waals surface area contributed by atoms with Gasteiger partial charge in [0, 0.05) is 25.0 Å². The third-order valence-electron chi connectivity index (χ3n) is 3.96. The van der Waals surface area contributed by atoms with Crippen LogP contribution in [0, 0.1) is 0 Å². The summed E-state index contributed by atoms with van der Waals surface area (Å²) in [7, 11) is 0. The highest BCUT2D eigenvalue weighted by Gasteiger charge is 2.23. The summed E-state index contributed by atoms with van der Waals surface area (Å²) in [5.41, 5.74) is 0. The standard InChI is InChI=1S/C15H21N3O/c1-2-6-14(5-1)17(13-15-7-3-12-19-15)10-11-18-9-4-8-16-18/h3-4,7-9,12,14H,1-2,5-6,10-11,13H2. The molecule has 0 atom stereocenters. The first-order valence-corrected chi connectivity index (χ1v) is 7.16. The summed E-state index contributed by atoms with van der Waals surface area (Å²) in [6.45, 7) is 2.90. The maximum Gasteiger partial charge on any atom is 0.117 e. The summed E-state index contributed by atoms with van der Waals surface area (Å²) < 4.78 is 7.50. The molecule has 2 aromatic rings. The number of hydrogen-bond donors (Lipinski definition) is 0. The first-order valence-electron chi connectivity index (χ1n) is 7.16. The quantitative estimate of drug-likeness (QED) is 0.800. The average molecular weight is 259 g/mol. The van der Waals surface area contributed by atoms with E-state index in [1.807, 2.05) is 29.2 Å². The Balaban J connectivity index is 1.61. The monoisotopic (exact) mass is 259 g/mol. The minimum atomic E-state index is 0.709. The molecule has 2 aromatic heterocycles. The molecule has 1 fully saturated rings. The second kappa shape index (κ2) is 6.06. The fourth-order valence-corrected chi connectivity index (χ4v) is 2.93. The van der Waals surface area contributed by atoms with E-state index in [0.717, 1.165) is 25.4 Å². The van der Waals surface area contributed by atoms with Gasteiger partial charge in [0.25, 0.3) is 0 Å². The summed E-state index contributed by atoms with van der Waals surface area (Å²) in [4.78, 5) is 2.55. The summed E-state index contributed by atoms with van der Waals surface area (Å²) >= 11 is 0. The van der Waals surface area contributed by atoms with Crippen molar-refractivity contribution in [3.8, 4) is 0 Å². The van der Waals surface area contributed by atoms with E-state index in [1.54, 1.807) is 6.26 Å². The molecule has 0 radical (unpaired) electrons. The molecule has 0 N–H and O–H groups in total. The molecule has 0 saturated heterocycles. The Hall–Kier alpha value is -1.55. The Labute approximate surface area is 114 Å². The first-order chi connectivity index (χ1) is 9.42. The van der Waals surface area contributed by atoms with Crippen LogP contribution in [-0.4, -0.2) is 27.3 Å². The van der Waals surface area contributed by atoms with Gasteiger partial charge in [-0.1, -0.05) is 12.8 Å². The predicted molar refractivity (Wildman–Crippen MR) is 73.6 cm³/mol. The predicted octanol–water partition coefficient (Wildman–Crippen LogP) is 2.92. The van der Waals surface area contributed by atoms with Crippen LogP contribution < -0.4 is 0 Å². The Morgan fingerprint density at radius 2 is 2.21 bits per heavy atom. The van der Waals surface area contributed by atoms with E-state index in [2.05, 4.69) is 16.1 Å². The number of aromatic nitrogens is 2. The molecule has 4 nitrogen and oxygen atoms in total. The van der Waals surface area contributed by atoms with Gasteiger partial charge in [-0.2, -0.15) is 5.10 Å². The molecule has 0 unspecified atom stereocenters. The van der Waals surface area contributed by atoms with Crippen LogP contribution in [0.2, 0.25) is 0 Å². The number of furan rings is 1. The molecular weight excluding hydrogens is 238 g/mol. The van der Waals surface area contributed by atoms with Gasteiger partial charge in [0.05, 0.1) is 19.4 Å². The summed E-state index contributed by atoms with van der Waals surface area (Å²) in [6.07, 6.45) is 11.0. The van der Waals surface area contributed by atoms with Gasteiger partial charge in [-0.15, -0.1) is 0 Å². The lowest BCUT2D eigenvalue weighted by Crippen LogP contribution is -2.35. The molecule has 0 aromatic carbocycles. The highest BCUT2D eigenvalue weighted by molar-refractivity contribution is 4.98. The molecule has 0 spiro atoms. The minimum Gasteiger partial charge on any atom is -0.468 e. The molecular formula is C15H21N3O. The van der Waals surface area contributed by atoms with Crippen molar-refractivity contribution in [3.05, 3.63) is 42.6 Å². The lowest BCUT2D eigenvalue weighted by atomic mass is 10.2. The third-order valence-corrected chi connectivity index (χ3v) is 3.96. The Morgan fingerprint density at radius 1 is 1.32 bits per heavy atom. The molecule has 3 rings (SSSR count). The zero-order valence-electron chi connectivity index (χ0n) is 11.2. The summed E-state index contributed by atoms with van der Waals surface area (Å²) in [5.74, 6) is 1.06. The van der Waals surface area contributed by atoms with E-state index in [0.29, 0.717) is 6.04 Å². The van der Waals surface area contributed by atoms with E-state index >= 15 is 0 Å². The molecule has 1 aliphatic rings. The van der Waals surface area contributed by atoms with Crippen molar-refractivity contribution >= 4 is 0 Å². The molecule has 4 heteroatoms. The Bertz CT molecular complexity index is 458. The topological polar surface area (TPSA) is 34.2 Å². The maximum atomic E-state index is 5.50. The van der Waals surface area contributed by atoms with Crippen LogP contribution in [0.1, 0.15) is 31.4 Å². The van der Waals surface area contributed by atoms with Crippen molar-refractivity contribution in [1.29, 1.82) is 0 Å². The molecule has 19 heavy (non-hydrogen) atoms. The highest BCUT2D eigenvalue weighted by atomic mass is 16.3. The van der Waals surface area contributed by atoms with E-state index in [1.165, 1.54) is 25.7 Å². The van der Waals surface area contributed by atoms with Crippen LogP contribution in [0.3, 0.4) is 0 Å². The van der Waals surface area contributed by atoms with Gasteiger partial charge in [0.1, 0.15) is 5.76 Å². The van der Waals surface area contributed by atoms with E-state index < -0.39 is 0 Å². The second-order valence-electron chi connectivity index (χ2n) is 5.26. The first kappa shape index (κ1) is 12.5. The number of rotatable bonds is 6. The van der Waals surface area contributed by atoms with Gasteiger partial charge in [-0.3, -0.25) is 9.58 Å². The van der Waals surface area contributed by atoms with Crippen LogP contribution in [0.25, 0.3) is 0 Å². The SMILES string of the molecule is c1coc(CN(CCn2cccn2)C2CCCC2)c1. The molecule has 0 aliphatic heterocycles. The van der Waals surface area contributed by atoms with Crippen molar-refractivity contribution in [1.82, 2.24) is 14.7 Å². The molecule has 0 bridgehead atoms. The number of hydrogen-bond acceptors (Lipinski definition) is 3. The van der Waals surface area contributed by atoms with Gasteiger partial charge >= 0.3 is 0 Å². The highest BCUT2D eigenvalue weighted by Crippen LogP contribution is 2.25. The van der Waals surface area contributed by atoms with Gasteiger partial charge in [0.2, 0.25) is 0 Å². The van der Waals surface area contributed by atoms with Crippen LogP contribution >= 0.6 is 0 Å². The van der Waals surface area contributed by atoms with Gasteiger partial charge in [-0.05, 0) is 31.0 Å². The van der Waals surface area contributed by atoms with Crippen LogP contribution in [0.15, 0.2) is 41.3 Å². The molecule has 2 heterocycles. The second-order valence-corrected chi connectivity index (χ2v) is 5.26. The largest absolute Gasteiger partial charge is 0.468 e. The van der Waals surface area contributed by atoms with Crippen molar-refractivity contribution in [2.75, 3.05) is 6.54 Å². The molecule has 1 saturated carbocycles.